The normalized spacial score (nSPS) is 11.9. The first kappa shape index (κ1) is 18.2. The van der Waals surface area contributed by atoms with E-state index in [1.54, 1.807) is 18.4 Å². The summed E-state index contributed by atoms with van der Waals surface area (Å²) in [4.78, 5) is 8.88. The maximum atomic E-state index is 5.96. The van der Waals surface area contributed by atoms with Crippen LogP contribution in [0, 0.1) is 13.8 Å². The number of furan rings is 1. The number of aryl methyl sites for hydroxylation is 2. The largest absolute Gasteiger partial charge is 0.457 e. The quantitative estimate of drug-likeness (QED) is 0.392. The van der Waals surface area contributed by atoms with E-state index in [0.717, 1.165) is 43.8 Å². The monoisotopic (exact) mass is 395 g/mol. The predicted molar refractivity (Wildman–Crippen MR) is 110 cm³/mol. The van der Waals surface area contributed by atoms with Crippen LogP contribution in [0.25, 0.3) is 21.0 Å². The molecule has 0 fully saturated rings. The third-order valence-electron chi connectivity index (χ3n) is 4.43. The average molecular weight is 395 g/mol. The Labute approximate surface area is 166 Å². The van der Waals surface area contributed by atoms with Crippen molar-refractivity contribution in [1.29, 1.82) is 0 Å². The van der Waals surface area contributed by atoms with Crippen LogP contribution in [0.1, 0.15) is 22.8 Å². The molecule has 144 valence electrons. The van der Waals surface area contributed by atoms with Gasteiger partial charge in [0.15, 0.2) is 16.7 Å². The summed E-state index contributed by atoms with van der Waals surface area (Å²) in [6.45, 7) is 4.94. The maximum absolute atomic E-state index is 5.96. The van der Waals surface area contributed by atoms with Crippen LogP contribution in [0.2, 0.25) is 0 Å². The summed E-state index contributed by atoms with van der Waals surface area (Å²) >= 11 is 1.63. The number of fused-ring (bicyclic) bond motifs is 1. The van der Waals surface area contributed by atoms with Gasteiger partial charge in [-0.05, 0) is 38.1 Å². The third-order valence-corrected chi connectivity index (χ3v) is 5.48. The lowest BCUT2D eigenvalue weighted by molar-refractivity contribution is 0.392. The minimum Gasteiger partial charge on any atom is -0.457 e. The molecule has 2 N–H and O–H groups in total. The molecule has 0 atom stereocenters. The van der Waals surface area contributed by atoms with Gasteiger partial charge in [0.2, 0.25) is 0 Å². The molecule has 0 radical (unpaired) electrons. The summed E-state index contributed by atoms with van der Waals surface area (Å²) in [7, 11) is 1.73. The van der Waals surface area contributed by atoms with Crippen LogP contribution in [-0.4, -0.2) is 23.1 Å². The van der Waals surface area contributed by atoms with Crippen molar-refractivity contribution in [2.75, 3.05) is 7.05 Å². The summed E-state index contributed by atoms with van der Waals surface area (Å²) in [5.74, 6) is 3.08. The summed E-state index contributed by atoms with van der Waals surface area (Å²) in [6, 6.07) is 12.0. The molecule has 0 aliphatic carbocycles. The molecule has 3 aromatic heterocycles. The summed E-state index contributed by atoms with van der Waals surface area (Å²) in [5, 5.41) is 11.4. The van der Waals surface area contributed by atoms with Gasteiger partial charge in [-0.15, -0.1) is 11.3 Å². The van der Waals surface area contributed by atoms with Crippen LogP contribution in [0.3, 0.4) is 0 Å². The summed E-state index contributed by atoms with van der Waals surface area (Å²) < 4.78 is 12.3. The molecule has 0 unspecified atom stereocenters. The lowest BCUT2D eigenvalue weighted by atomic mass is 10.2. The van der Waals surface area contributed by atoms with Crippen LogP contribution in [-0.2, 0) is 13.1 Å². The molecule has 0 aliphatic heterocycles. The zero-order chi connectivity index (χ0) is 19.5. The van der Waals surface area contributed by atoms with Gasteiger partial charge in [0.05, 0.1) is 22.5 Å². The van der Waals surface area contributed by atoms with Crippen LogP contribution in [0.15, 0.2) is 50.3 Å². The molecule has 7 nitrogen and oxygen atoms in total. The Kier molecular flexibility index (Phi) is 5.12. The van der Waals surface area contributed by atoms with Crippen molar-refractivity contribution < 1.29 is 8.94 Å². The van der Waals surface area contributed by atoms with E-state index in [4.69, 9.17) is 8.94 Å². The second-order valence-corrected chi connectivity index (χ2v) is 7.37. The van der Waals surface area contributed by atoms with E-state index in [0.29, 0.717) is 19.0 Å². The molecule has 8 heteroatoms. The van der Waals surface area contributed by atoms with Crippen LogP contribution in [0.4, 0.5) is 0 Å². The van der Waals surface area contributed by atoms with Gasteiger partial charge in [0.25, 0.3) is 0 Å². The molecule has 4 rings (SSSR count). The Hall–Kier alpha value is -3.13. The van der Waals surface area contributed by atoms with E-state index >= 15 is 0 Å². The lowest BCUT2D eigenvalue weighted by Gasteiger charge is -2.10. The third kappa shape index (κ3) is 3.77. The summed E-state index contributed by atoms with van der Waals surface area (Å²) in [5.41, 5.74) is 2.91. The van der Waals surface area contributed by atoms with Crippen molar-refractivity contribution >= 4 is 27.5 Å². The lowest BCUT2D eigenvalue weighted by Crippen LogP contribution is -2.36. The minimum absolute atomic E-state index is 0.520. The van der Waals surface area contributed by atoms with Gasteiger partial charge in [0, 0.05) is 19.2 Å². The zero-order valence-electron chi connectivity index (χ0n) is 15.9. The van der Waals surface area contributed by atoms with E-state index in [1.807, 2.05) is 44.2 Å². The van der Waals surface area contributed by atoms with Crippen molar-refractivity contribution in [1.82, 2.24) is 20.8 Å². The number of hydrogen-bond acceptors (Lipinski definition) is 6. The highest BCUT2D eigenvalue weighted by molar-refractivity contribution is 7.21. The molecule has 0 amide bonds. The first-order valence-electron chi connectivity index (χ1n) is 8.95. The van der Waals surface area contributed by atoms with E-state index in [-0.39, 0.29) is 0 Å². The Morgan fingerprint density at radius 2 is 1.93 bits per heavy atom. The highest BCUT2D eigenvalue weighted by Gasteiger charge is 2.12. The van der Waals surface area contributed by atoms with Crippen molar-refractivity contribution in [3.8, 4) is 10.8 Å². The molecule has 28 heavy (non-hydrogen) atoms. The Morgan fingerprint density at radius 1 is 1.11 bits per heavy atom. The van der Waals surface area contributed by atoms with E-state index < -0.39 is 0 Å². The average Bonchev–Trinajstić information content (AvgIpc) is 3.41. The number of thiazole rings is 1. The number of nitrogens with zero attached hydrogens (tertiary/aromatic N) is 3. The van der Waals surface area contributed by atoms with Crippen LogP contribution >= 0.6 is 11.3 Å². The Morgan fingerprint density at radius 3 is 2.68 bits per heavy atom. The Balaban J connectivity index is 1.38. The highest BCUT2D eigenvalue weighted by atomic mass is 32.1. The molecule has 0 spiro atoms. The smallest absolute Gasteiger partial charge is 0.191 e. The van der Waals surface area contributed by atoms with Crippen molar-refractivity contribution in [3.63, 3.8) is 0 Å². The fourth-order valence-electron chi connectivity index (χ4n) is 2.88. The van der Waals surface area contributed by atoms with Crippen molar-refractivity contribution in [3.05, 3.63) is 59.2 Å². The molecule has 0 bridgehead atoms. The second-order valence-electron chi connectivity index (χ2n) is 6.33. The first-order chi connectivity index (χ1) is 13.6. The van der Waals surface area contributed by atoms with Gasteiger partial charge in [-0.25, -0.2) is 4.98 Å². The van der Waals surface area contributed by atoms with Gasteiger partial charge in [-0.1, -0.05) is 17.3 Å². The van der Waals surface area contributed by atoms with E-state index in [2.05, 4.69) is 31.8 Å². The van der Waals surface area contributed by atoms with Gasteiger partial charge in [0.1, 0.15) is 11.5 Å². The topological polar surface area (TPSA) is 88.5 Å². The fourth-order valence-corrected chi connectivity index (χ4v) is 3.81. The number of aliphatic imine (C=N–C) groups is 1. The highest BCUT2D eigenvalue weighted by Crippen LogP contribution is 2.31. The number of nitrogens with one attached hydrogen (secondary N) is 2. The standard InChI is InChI=1S/C20H21N5O2S/c1-12-15(13(2)27-25-12)11-23-20(21-3)22-10-14-8-9-17(26-14)19-24-16-6-4-5-7-18(16)28-19/h4-9H,10-11H2,1-3H3,(H2,21,22,23). The van der Waals surface area contributed by atoms with E-state index in [1.165, 1.54) is 0 Å². The molecule has 0 aliphatic rings. The molecule has 4 aromatic rings. The fraction of sp³-hybridized carbons (Fsp3) is 0.250. The van der Waals surface area contributed by atoms with Gasteiger partial charge < -0.3 is 19.6 Å². The van der Waals surface area contributed by atoms with Gasteiger partial charge >= 0.3 is 0 Å². The predicted octanol–water partition coefficient (Wildman–Crippen LogP) is 4.03. The number of benzene rings is 1. The second kappa shape index (κ2) is 7.85. The molecular weight excluding hydrogens is 374 g/mol. The van der Waals surface area contributed by atoms with Crippen LogP contribution < -0.4 is 10.6 Å². The SMILES string of the molecule is CN=C(NCc1ccc(-c2nc3ccccc3s2)o1)NCc1c(C)noc1C. The number of rotatable bonds is 5. The molecule has 0 saturated carbocycles. The molecule has 1 aromatic carbocycles. The van der Waals surface area contributed by atoms with Gasteiger partial charge in [-0.2, -0.15) is 0 Å². The van der Waals surface area contributed by atoms with Crippen molar-refractivity contribution in [2.24, 2.45) is 4.99 Å². The number of aromatic nitrogens is 2. The molecule has 3 heterocycles. The zero-order valence-corrected chi connectivity index (χ0v) is 16.8. The maximum Gasteiger partial charge on any atom is 0.191 e. The number of guanidine groups is 1. The Bertz CT molecular complexity index is 1070. The number of hydrogen-bond donors (Lipinski definition) is 2. The van der Waals surface area contributed by atoms with Gasteiger partial charge in [-0.3, -0.25) is 4.99 Å². The van der Waals surface area contributed by atoms with E-state index in [9.17, 15) is 0 Å². The van der Waals surface area contributed by atoms with Crippen LogP contribution in [0.5, 0.6) is 0 Å². The molecular formula is C20H21N5O2S. The number of para-hydroxylation sites is 1. The first-order valence-corrected chi connectivity index (χ1v) is 9.76. The van der Waals surface area contributed by atoms with Crippen molar-refractivity contribution in [2.45, 2.75) is 26.9 Å². The minimum atomic E-state index is 0.520. The molecule has 0 saturated heterocycles. The summed E-state index contributed by atoms with van der Waals surface area (Å²) in [6.07, 6.45) is 0.